The Morgan fingerprint density at radius 1 is 1.17 bits per heavy atom. The van der Waals surface area contributed by atoms with Crippen LogP contribution in [0.3, 0.4) is 0 Å². The minimum Gasteiger partial charge on any atom is -0.377 e. The number of nitrogens with one attached hydrogen (secondary N) is 1. The maximum atomic E-state index is 6.17. The van der Waals surface area contributed by atoms with Crippen molar-refractivity contribution in [1.29, 1.82) is 0 Å². The largest absolute Gasteiger partial charge is 0.377 e. The van der Waals surface area contributed by atoms with Gasteiger partial charge >= 0.3 is 0 Å². The molecule has 2 heteroatoms. The fourth-order valence-corrected chi connectivity index (χ4v) is 3.22. The van der Waals surface area contributed by atoms with E-state index in [0.717, 1.165) is 36.8 Å². The predicted octanol–water partition coefficient (Wildman–Crippen LogP) is 3.46. The molecule has 0 radical (unpaired) electrons. The van der Waals surface area contributed by atoms with E-state index >= 15 is 0 Å². The van der Waals surface area contributed by atoms with Gasteiger partial charge in [-0.3, -0.25) is 0 Å². The van der Waals surface area contributed by atoms with Crippen molar-refractivity contribution in [2.75, 3.05) is 19.7 Å². The van der Waals surface area contributed by atoms with Crippen LogP contribution in [0.1, 0.15) is 52.9 Å². The van der Waals surface area contributed by atoms with Crippen LogP contribution in [0.25, 0.3) is 0 Å². The Morgan fingerprint density at radius 2 is 1.94 bits per heavy atom. The fourth-order valence-electron chi connectivity index (χ4n) is 3.22. The van der Waals surface area contributed by atoms with E-state index in [2.05, 4.69) is 26.1 Å². The number of hydrogen-bond acceptors (Lipinski definition) is 2. The molecule has 0 amide bonds. The van der Waals surface area contributed by atoms with E-state index < -0.39 is 0 Å². The Balaban J connectivity index is 1.63. The highest BCUT2D eigenvalue weighted by atomic mass is 16.5. The molecule has 0 bridgehead atoms. The summed E-state index contributed by atoms with van der Waals surface area (Å²) >= 11 is 0. The van der Waals surface area contributed by atoms with Crippen LogP contribution in [0.5, 0.6) is 0 Å². The lowest BCUT2D eigenvalue weighted by molar-refractivity contribution is -0.0367. The second kappa shape index (κ2) is 6.91. The van der Waals surface area contributed by atoms with Crippen molar-refractivity contribution in [2.45, 2.75) is 59.0 Å². The lowest BCUT2D eigenvalue weighted by Gasteiger charge is -2.37. The van der Waals surface area contributed by atoms with Crippen molar-refractivity contribution in [1.82, 2.24) is 5.32 Å². The van der Waals surface area contributed by atoms with Gasteiger partial charge in [0, 0.05) is 6.54 Å². The van der Waals surface area contributed by atoms with Gasteiger partial charge in [0.05, 0.1) is 12.7 Å². The normalized spacial score (nSPS) is 33.0. The summed E-state index contributed by atoms with van der Waals surface area (Å²) in [6.07, 6.45) is 7.40. The molecule has 0 saturated heterocycles. The molecule has 2 fully saturated rings. The van der Waals surface area contributed by atoms with E-state index in [1.54, 1.807) is 0 Å². The molecule has 106 valence electrons. The average molecular weight is 253 g/mol. The third-order valence-corrected chi connectivity index (χ3v) is 4.70. The molecule has 3 unspecified atom stereocenters. The van der Waals surface area contributed by atoms with E-state index in [4.69, 9.17) is 4.74 Å². The molecule has 0 heterocycles. The summed E-state index contributed by atoms with van der Waals surface area (Å²) in [6, 6.07) is 0. The smallest absolute Gasteiger partial charge is 0.0608 e. The number of rotatable bonds is 7. The molecule has 2 nitrogen and oxygen atoms in total. The highest BCUT2D eigenvalue weighted by Crippen LogP contribution is 2.35. The summed E-state index contributed by atoms with van der Waals surface area (Å²) in [6.45, 7) is 10.2. The molecule has 0 spiro atoms. The fraction of sp³-hybridized carbons (Fsp3) is 1.00. The van der Waals surface area contributed by atoms with Crippen molar-refractivity contribution < 1.29 is 4.74 Å². The van der Waals surface area contributed by atoms with Gasteiger partial charge in [0.2, 0.25) is 0 Å². The molecule has 0 aliphatic heterocycles. The van der Waals surface area contributed by atoms with Gasteiger partial charge in [-0.25, -0.2) is 0 Å². The maximum absolute atomic E-state index is 6.17. The van der Waals surface area contributed by atoms with Gasteiger partial charge < -0.3 is 10.1 Å². The van der Waals surface area contributed by atoms with Crippen LogP contribution in [0, 0.1) is 23.7 Å². The summed E-state index contributed by atoms with van der Waals surface area (Å²) < 4.78 is 6.17. The molecular formula is C16H31NO. The highest BCUT2D eigenvalue weighted by molar-refractivity contribution is 4.81. The zero-order valence-electron chi connectivity index (χ0n) is 12.5. The zero-order chi connectivity index (χ0) is 13.0. The Bertz CT molecular complexity index is 237. The van der Waals surface area contributed by atoms with Gasteiger partial charge in [-0.2, -0.15) is 0 Å². The highest BCUT2D eigenvalue weighted by Gasteiger charge is 2.31. The number of ether oxygens (including phenoxy) is 1. The first-order chi connectivity index (χ1) is 8.66. The van der Waals surface area contributed by atoms with Gasteiger partial charge in [0.25, 0.3) is 0 Å². The Labute approximate surface area is 113 Å². The van der Waals surface area contributed by atoms with Gasteiger partial charge in [-0.05, 0) is 55.9 Å². The summed E-state index contributed by atoms with van der Waals surface area (Å²) in [5.41, 5.74) is 0. The molecule has 2 rings (SSSR count). The van der Waals surface area contributed by atoms with E-state index in [1.807, 2.05) is 0 Å². The second-order valence-electron chi connectivity index (χ2n) is 6.88. The molecule has 2 aliphatic rings. The molecule has 0 aromatic carbocycles. The molecule has 2 saturated carbocycles. The zero-order valence-corrected chi connectivity index (χ0v) is 12.5. The first kappa shape index (κ1) is 14.3. The molecule has 1 N–H and O–H groups in total. The van der Waals surface area contributed by atoms with Gasteiger partial charge in [-0.15, -0.1) is 0 Å². The van der Waals surface area contributed by atoms with Crippen LogP contribution in [0.15, 0.2) is 0 Å². The predicted molar refractivity (Wildman–Crippen MR) is 76.7 cm³/mol. The van der Waals surface area contributed by atoms with Crippen molar-refractivity contribution >= 4 is 0 Å². The molecule has 2 aliphatic carbocycles. The minimum atomic E-state index is 0.511. The summed E-state index contributed by atoms with van der Waals surface area (Å²) in [7, 11) is 0. The van der Waals surface area contributed by atoms with Crippen LogP contribution < -0.4 is 5.32 Å². The lowest BCUT2D eigenvalue weighted by Crippen LogP contribution is -2.36. The van der Waals surface area contributed by atoms with Gasteiger partial charge in [0.15, 0.2) is 0 Å². The van der Waals surface area contributed by atoms with Crippen LogP contribution in [0.4, 0.5) is 0 Å². The van der Waals surface area contributed by atoms with E-state index in [9.17, 15) is 0 Å². The van der Waals surface area contributed by atoms with Crippen molar-refractivity contribution in [3.05, 3.63) is 0 Å². The summed E-state index contributed by atoms with van der Waals surface area (Å²) in [4.78, 5) is 0. The minimum absolute atomic E-state index is 0.511. The third-order valence-electron chi connectivity index (χ3n) is 4.70. The van der Waals surface area contributed by atoms with Crippen LogP contribution in [0.2, 0.25) is 0 Å². The topological polar surface area (TPSA) is 21.3 Å². The van der Waals surface area contributed by atoms with Crippen LogP contribution in [-0.4, -0.2) is 25.8 Å². The lowest BCUT2D eigenvalue weighted by atomic mass is 9.75. The Morgan fingerprint density at radius 3 is 2.61 bits per heavy atom. The Kier molecular flexibility index (Phi) is 5.50. The van der Waals surface area contributed by atoms with Crippen molar-refractivity contribution in [3.63, 3.8) is 0 Å². The average Bonchev–Trinajstić information content (AvgIpc) is 3.12. The molecule has 18 heavy (non-hydrogen) atoms. The van der Waals surface area contributed by atoms with Gasteiger partial charge in [-0.1, -0.05) is 27.2 Å². The standard InChI is InChI=1S/C16H31NO/c1-12(2)15-7-4-13(3)10-16(15)18-9-8-17-11-14-5-6-14/h12-17H,4-11H2,1-3H3. The third kappa shape index (κ3) is 4.55. The Hall–Kier alpha value is -0.0800. The van der Waals surface area contributed by atoms with E-state index in [-0.39, 0.29) is 0 Å². The molecule has 3 atom stereocenters. The summed E-state index contributed by atoms with van der Waals surface area (Å²) in [5, 5.41) is 3.52. The van der Waals surface area contributed by atoms with Crippen LogP contribution in [-0.2, 0) is 4.74 Å². The first-order valence-corrected chi connectivity index (χ1v) is 7.99. The molecular weight excluding hydrogens is 222 g/mol. The second-order valence-corrected chi connectivity index (χ2v) is 6.88. The quantitative estimate of drug-likeness (QED) is 0.702. The number of hydrogen-bond donors (Lipinski definition) is 1. The molecule has 0 aromatic heterocycles. The first-order valence-electron chi connectivity index (χ1n) is 7.99. The molecule has 0 aromatic rings. The maximum Gasteiger partial charge on any atom is 0.0608 e. The summed E-state index contributed by atoms with van der Waals surface area (Å²) in [5.74, 6) is 3.37. The van der Waals surface area contributed by atoms with Crippen LogP contribution >= 0.6 is 0 Å². The van der Waals surface area contributed by atoms with E-state index in [0.29, 0.717) is 6.10 Å². The van der Waals surface area contributed by atoms with Crippen molar-refractivity contribution in [3.8, 4) is 0 Å². The monoisotopic (exact) mass is 253 g/mol. The van der Waals surface area contributed by atoms with E-state index in [1.165, 1.54) is 38.6 Å². The van der Waals surface area contributed by atoms with Crippen molar-refractivity contribution in [2.24, 2.45) is 23.7 Å². The SMILES string of the molecule is CC1CCC(C(C)C)C(OCCNCC2CC2)C1. The van der Waals surface area contributed by atoms with Gasteiger partial charge in [0.1, 0.15) is 0 Å².